The number of ether oxygens (including phenoxy) is 1. The number of carbonyl (C=O) groups excluding carboxylic acids is 1. The van der Waals surface area contributed by atoms with Crippen LogP contribution in [0.4, 0.5) is 0 Å². The van der Waals surface area contributed by atoms with Crippen LogP contribution in [0, 0.1) is 11.3 Å². The Morgan fingerprint density at radius 1 is 1.67 bits per heavy atom. The molecule has 1 N–H and O–H groups in total. The van der Waals surface area contributed by atoms with Crippen LogP contribution in [0.2, 0.25) is 5.02 Å². The highest BCUT2D eigenvalue weighted by atomic mass is 35.5. The number of phenols is 1. The van der Waals surface area contributed by atoms with Crippen LogP contribution in [0.3, 0.4) is 0 Å². The van der Waals surface area contributed by atoms with E-state index in [0.717, 1.165) is 6.07 Å². The number of nitriles is 1. The van der Waals surface area contributed by atoms with Gasteiger partial charge in [0.25, 0.3) is 0 Å². The van der Waals surface area contributed by atoms with E-state index in [1.54, 1.807) is 13.0 Å². The molecule has 0 aromatic heterocycles. The Morgan fingerprint density at radius 2 is 2.33 bits per heavy atom. The number of benzene rings is 1. The zero-order valence-corrected chi connectivity index (χ0v) is 8.71. The maximum absolute atomic E-state index is 11.3. The molecular weight excluding hydrogens is 218 g/mol. The second kappa shape index (κ2) is 4.67. The molecule has 5 heteroatoms. The molecule has 0 fully saturated rings. The zero-order chi connectivity index (χ0) is 11.4. The van der Waals surface area contributed by atoms with E-state index in [1.165, 1.54) is 6.07 Å². The standard InChI is InChI=1S/C10H8ClNO3/c1-2-15-10(14)7-3-6(5-12)9(13)4-8(7)11/h3-4,13H,2H2,1H3. The van der Waals surface area contributed by atoms with E-state index >= 15 is 0 Å². The number of hydrogen-bond acceptors (Lipinski definition) is 4. The van der Waals surface area contributed by atoms with Gasteiger partial charge in [0.05, 0.1) is 22.8 Å². The molecule has 0 saturated carbocycles. The minimum atomic E-state index is -0.612. The average Bonchev–Trinajstić information content (AvgIpc) is 2.18. The monoisotopic (exact) mass is 225 g/mol. The molecule has 1 aromatic carbocycles. The number of phenolic OH excluding ortho intramolecular Hbond substituents is 1. The van der Waals surface area contributed by atoms with Crippen molar-refractivity contribution in [2.75, 3.05) is 6.61 Å². The maximum atomic E-state index is 11.3. The number of carbonyl (C=O) groups is 1. The largest absolute Gasteiger partial charge is 0.507 e. The smallest absolute Gasteiger partial charge is 0.339 e. The molecule has 1 rings (SSSR count). The highest BCUT2D eigenvalue weighted by Gasteiger charge is 2.15. The van der Waals surface area contributed by atoms with E-state index in [2.05, 4.69) is 0 Å². The first kappa shape index (κ1) is 11.3. The SMILES string of the molecule is CCOC(=O)c1cc(C#N)c(O)cc1Cl. The van der Waals surface area contributed by atoms with Crippen LogP contribution in [0.15, 0.2) is 12.1 Å². The minimum absolute atomic E-state index is 0.0116. The number of esters is 1. The van der Waals surface area contributed by atoms with Crippen LogP contribution in [-0.4, -0.2) is 17.7 Å². The van der Waals surface area contributed by atoms with Crippen LogP contribution < -0.4 is 0 Å². The number of nitrogens with zero attached hydrogens (tertiary/aromatic N) is 1. The molecule has 15 heavy (non-hydrogen) atoms. The summed E-state index contributed by atoms with van der Waals surface area (Å²) in [6, 6.07) is 4.09. The third kappa shape index (κ3) is 2.39. The van der Waals surface area contributed by atoms with E-state index in [0.29, 0.717) is 0 Å². The van der Waals surface area contributed by atoms with Crippen molar-refractivity contribution in [3.63, 3.8) is 0 Å². The van der Waals surface area contributed by atoms with Crippen LogP contribution in [0.1, 0.15) is 22.8 Å². The topological polar surface area (TPSA) is 70.3 Å². The molecule has 0 radical (unpaired) electrons. The first-order chi connectivity index (χ1) is 7.10. The fraction of sp³-hybridized carbons (Fsp3) is 0.200. The molecule has 0 unspecified atom stereocenters. The fourth-order valence-corrected chi connectivity index (χ4v) is 1.25. The highest BCUT2D eigenvalue weighted by Crippen LogP contribution is 2.26. The van der Waals surface area contributed by atoms with Gasteiger partial charge in [-0.15, -0.1) is 0 Å². The van der Waals surface area contributed by atoms with E-state index < -0.39 is 5.97 Å². The summed E-state index contributed by atoms with van der Waals surface area (Å²) < 4.78 is 4.73. The number of hydrogen-bond donors (Lipinski definition) is 1. The average molecular weight is 226 g/mol. The lowest BCUT2D eigenvalue weighted by Crippen LogP contribution is -2.05. The van der Waals surface area contributed by atoms with Gasteiger partial charge in [-0.3, -0.25) is 0 Å². The third-order valence-corrected chi connectivity index (χ3v) is 2.01. The van der Waals surface area contributed by atoms with Gasteiger partial charge >= 0.3 is 5.97 Å². The zero-order valence-electron chi connectivity index (χ0n) is 7.95. The molecular formula is C10H8ClNO3. The molecule has 78 valence electrons. The summed E-state index contributed by atoms with van der Waals surface area (Å²) in [4.78, 5) is 11.3. The number of aromatic hydroxyl groups is 1. The molecule has 0 heterocycles. The first-order valence-corrected chi connectivity index (χ1v) is 4.57. The lowest BCUT2D eigenvalue weighted by atomic mass is 10.1. The molecule has 0 spiro atoms. The Balaban J connectivity index is 3.20. The first-order valence-electron chi connectivity index (χ1n) is 4.19. The summed E-state index contributed by atoms with van der Waals surface area (Å²) >= 11 is 5.72. The Hall–Kier alpha value is -1.73. The fourth-order valence-electron chi connectivity index (χ4n) is 1.02. The lowest BCUT2D eigenvalue weighted by molar-refractivity contribution is 0.0526. The van der Waals surface area contributed by atoms with Crippen molar-refractivity contribution in [2.24, 2.45) is 0 Å². The van der Waals surface area contributed by atoms with Gasteiger partial charge in [0.2, 0.25) is 0 Å². The van der Waals surface area contributed by atoms with Gasteiger partial charge in [-0.25, -0.2) is 4.79 Å². The predicted octanol–water partition coefficient (Wildman–Crippen LogP) is 2.09. The third-order valence-electron chi connectivity index (χ3n) is 1.70. The molecule has 0 aliphatic carbocycles. The van der Waals surface area contributed by atoms with Crippen molar-refractivity contribution >= 4 is 17.6 Å². The van der Waals surface area contributed by atoms with Gasteiger partial charge in [-0.1, -0.05) is 11.6 Å². The van der Waals surface area contributed by atoms with E-state index in [4.69, 9.17) is 21.6 Å². The Kier molecular flexibility index (Phi) is 3.53. The van der Waals surface area contributed by atoms with E-state index in [1.807, 2.05) is 0 Å². The summed E-state index contributed by atoms with van der Waals surface area (Å²) in [5.41, 5.74) is 0.0651. The molecule has 0 aliphatic rings. The molecule has 4 nitrogen and oxygen atoms in total. The van der Waals surface area contributed by atoms with Crippen molar-refractivity contribution in [1.29, 1.82) is 5.26 Å². The molecule has 0 bridgehead atoms. The van der Waals surface area contributed by atoms with Crippen molar-refractivity contribution in [1.82, 2.24) is 0 Å². The van der Waals surface area contributed by atoms with Crippen LogP contribution >= 0.6 is 11.6 Å². The molecule has 0 amide bonds. The van der Waals surface area contributed by atoms with Crippen LogP contribution in [-0.2, 0) is 4.74 Å². The van der Waals surface area contributed by atoms with Gasteiger partial charge in [0, 0.05) is 6.07 Å². The van der Waals surface area contributed by atoms with Crippen molar-refractivity contribution in [3.05, 3.63) is 28.3 Å². The molecule has 0 atom stereocenters. The summed E-state index contributed by atoms with van der Waals surface area (Å²) in [7, 11) is 0. The molecule has 1 aromatic rings. The van der Waals surface area contributed by atoms with Gasteiger partial charge in [-0.2, -0.15) is 5.26 Å². The summed E-state index contributed by atoms with van der Waals surface area (Å²) in [5.74, 6) is -0.866. The van der Waals surface area contributed by atoms with Crippen molar-refractivity contribution in [2.45, 2.75) is 6.92 Å². The quantitative estimate of drug-likeness (QED) is 0.783. The summed E-state index contributed by atoms with van der Waals surface area (Å²) in [5, 5.41) is 18.0. The van der Waals surface area contributed by atoms with E-state index in [9.17, 15) is 9.90 Å². The van der Waals surface area contributed by atoms with Crippen LogP contribution in [0.25, 0.3) is 0 Å². The van der Waals surface area contributed by atoms with Gasteiger partial charge in [0.15, 0.2) is 0 Å². The summed E-state index contributed by atoms with van der Waals surface area (Å²) in [6.07, 6.45) is 0. The Bertz CT molecular complexity index is 437. The van der Waals surface area contributed by atoms with E-state index in [-0.39, 0.29) is 28.5 Å². The highest BCUT2D eigenvalue weighted by molar-refractivity contribution is 6.33. The predicted molar refractivity (Wildman–Crippen MR) is 53.8 cm³/mol. The number of rotatable bonds is 2. The van der Waals surface area contributed by atoms with Gasteiger partial charge in [-0.05, 0) is 13.0 Å². The van der Waals surface area contributed by atoms with Gasteiger partial charge in [0.1, 0.15) is 11.8 Å². The van der Waals surface area contributed by atoms with Crippen molar-refractivity contribution in [3.8, 4) is 11.8 Å². The second-order valence-corrected chi connectivity index (χ2v) is 3.09. The maximum Gasteiger partial charge on any atom is 0.339 e. The summed E-state index contributed by atoms with van der Waals surface area (Å²) in [6.45, 7) is 1.88. The Labute approximate surface area is 91.7 Å². The van der Waals surface area contributed by atoms with Crippen molar-refractivity contribution < 1.29 is 14.6 Å². The molecule has 0 saturated heterocycles. The minimum Gasteiger partial charge on any atom is -0.507 e. The van der Waals surface area contributed by atoms with Crippen LogP contribution in [0.5, 0.6) is 5.75 Å². The second-order valence-electron chi connectivity index (χ2n) is 2.68. The van der Waals surface area contributed by atoms with Gasteiger partial charge < -0.3 is 9.84 Å². The lowest BCUT2D eigenvalue weighted by Gasteiger charge is -2.05. The molecule has 0 aliphatic heterocycles. The Morgan fingerprint density at radius 3 is 2.87 bits per heavy atom. The normalized spacial score (nSPS) is 9.40. The number of halogens is 1.